The van der Waals surface area contributed by atoms with E-state index in [9.17, 15) is 0 Å². The van der Waals surface area contributed by atoms with Crippen molar-refractivity contribution in [2.45, 2.75) is 4.90 Å². The molecule has 0 saturated heterocycles. The maximum Gasteiger partial charge on any atom is 0.258 e. The van der Waals surface area contributed by atoms with E-state index in [4.69, 9.17) is 11.6 Å². The minimum absolute atomic E-state index is 0.0824. The summed E-state index contributed by atoms with van der Waals surface area (Å²) >= 11 is 7.58. The molecule has 7 nitrogen and oxygen atoms in total. The van der Waals surface area contributed by atoms with E-state index in [0.717, 1.165) is 10.6 Å². The molecule has 2 heterocycles. The largest absolute Gasteiger partial charge is 0.324 e. The van der Waals surface area contributed by atoms with Gasteiger partial charge in [-0.15, -0.1) is 11.8 Å². The fourth-order valence-corrected chi connectivity index (χ4v) is 2.25. The molecule has 0 aliphatic carbocycles. The van der Waals surface area contributed by atoms with Gasteiger partial charge in [0, 0.05) is 10.6 Å². The molecule has 0 fully saturated rings. The quantitative estimate of drug-likeness (QED) is 0.740. The van der Waals surface area contributed by atoms with Gasteiger partial charge in [-0.1, -0.05) is 6.07 Å². The van der Waals surface area contributed by atoms with Crippen LogP contribution in [0.4, 0.5) is 11.6 Å². The van der Waals surface area contributed by atoms with E-state index in [1.54, 1.807) is 11.8 Å². The van der Waals surface area contributed by atoms with Crippen molar-refractivity contribution < 1.29 is 0 Å². The Labute approximate surface area is 129 Å². The van der Waals surface area contributed by atoms with Gasteiger partial charge in [0.25, 0.3) is 5.95 Å². The average molecular weight is 320 g/mol. The summed E-state index contributed by atoms with van der Waals surface area (Å²) in [5.74, 6) is 0.648. The van der Waals surface area contributed by atoms with Crippen LogP contribution in [0.2, 0.25) is 5.28 Å². The van der Waals surface area contributed by atoms with Crippen molar-refractivity contribution in [2.24, 2.45) is 0 Å². The zero-order valence-electron chi connectivity index (χ0n) is 10.9. The summed E-state index contributed by atoms with van der Waals surface area (Å²) in [4.78, 5) is 17.3. The van der Waals surface area contributed by atoms with Crippen LogP contribution in [0.15, 0.2) is 41.8 Å². The highest BCUT2D eigenvalue weighted by atomic mass is 35.5. The lowest BCUT2D eigenvalue weighted by Crippen LogP contribution is -2.07. The minimum atomic E-state index is 0.0824. The molecule has 1 N–H and O–H groups in total. The Morgan fingerprint density at radius 2 is 2.14 bits per heavy atom. The van der Waals surface area contributed by atoms with Crippen LogP contribution in [0, 0.1) is 0 Å². The average Bonchev–Trinajstić information content (AvgIpc) is 3.01. The molecule has 0 spiro atoms. The summed E-state index contributed by atoms with van der Waals surface area (Å²) in [7, 11) is 0. The van der Waals surface area contributed by atoms with Crippen LogP contribution in [0.5, 0.6) is 0 Å². The molecule has 9 heteroatoms. The molecule has 0 bridgehead atoms. The minimum Gasteiger partial charge on any atom is -0.324 e. The van der Waals surface area contributed by atoms with Crippen LogP contribution in [0.3, 0.4) is 0 Å². The van der Waals surface area contributed by atoms with Crippen LogP contribution in [-0.2, 0) is 0 Å². The van der Waals surface area contributed by atoms with Gasteiger partial charge in [-0.2, -0.15) is 24.7 Å². The lowest BCUT2D eigenvalue weighted by molar-refractivity contribution is 0.796. The maximum atomic E-state index is 5.92. The van der Waals surface area contributed by atoms with Gasteiger partial charge < -0.3 is 5.32 Å². The highest BCUT2D eigenvalue weighted by Crippen LogP contribution is 2.21. The smallest absolute Gasteiger partial charge is 0.258 e. The monoisotopic (exact) mass is 319 g/mol. The zero-order valence-corrected chi connectivity index (χ0v) is 12.5. The van der Waals surface area contributed by atoms with Crippen LogP contribution >= 0.6 is 23.4 Å². The first-order valence-corrected chi connectivity index (χ1v) is 7.52. The van der Waals surface area contributed by atoms with Gasteiger partial charge in [0.2, 0.25) is 11.2 Å². The molecule has 0 aliphatic heterocycles. The van der Waals surface area contributed by atoms with E-state index in [0.29, 0.717) is 11.9 Å². The van der Waals surface area contributed by atoms with Gasteiger partial charge in [0.15, 0.2) is 0 Å². The van der Waals surface area contributed by atoms with Gasteiger partial charge in [0.1, 0.15) is 12.7 Å². The number of anilines is 2. The topological polar surface area (TPSA) is 81.4 Å². The van der Waals surface area contributed by atoms with Crippen LogP contribution < -0.4 is 5.32 Å². The molecule has 2 aromatic heterocycles. The molecule has 1 aromatic carbocycles. The van der Waals surface area contributed by atoms with E-state index in [-0.39, 0.29) is 5.28 Å². The van der Waals surface area contributed by atoms with Gasteiger partial charge in [-0.25, -0.2) is 4.98 Å². The first-order chi connectivity index (χ1) is 10.2. The number of nitrogens with zero attached hydrogens (tertiary/aromatic N) is 6. The Bertz CT molecular complexity index is 747. The Morgan fingerprint density at radius 1 is 1.24 bits per heavy atom. The number of halogens is 1. The molecule has 0 saturated carbocycles. The van der Waals surface area contributed by atoms with Crippen molar-refractivity contribution in [1.82, 2.24) is 29.7 Å². The predicted molar refractivity (Wildman–Crippen MR) is 81.3 cm³/mol. The van der Waals surface area contributed by atoms with E-state index in [1.807, 2.05) is 30.5 Å². The summed E-state index contributed by atoms with van der Waals surface area (Å²) in [5.41, 5.74) is 0.869. The lowest BCUT2D eigenvalue weighted by Gasteiger charge is -2.07. The highest BCUT2D eigenvalue weighted by Gasteiger charge is 2.08. The van der Waals surface area contributed by atoms with Crippen molar-refractivity contribution in [3.8, 4) is 5.95 Å². The van der Waals surface area contributed by atoms with E-state index < -0.39 is 0 Å². The summed E-state index contributed by atoms with van der Waals surface area (Å²) in [6, 6.07) is 7.90. The Morgan fingerprint density at radius 3 is 2.90 bits per heavy atom. The number of hydrogen-bond donors (Lipinski definition) is 1. The second kappa shape index (κ2) is 6.06. The first kappa shape index (κ1) is 13.8. The van der Waals surface area contributed by atoms with Crippen LogP contribution in [-0.4, -0.2) is 36.0 Å². The molecule has 3 aromatic rings. The fraction of sp³-hybridized carbons (Fsp3) is 0.0833. The second-order valence-electron chi connectivity index (χ2n) is 3.93. The molecule has 21 heavy (non-hydrogen) atoms. The number of thioether (sulfide) groups is 1. The van der Waals surface area contributed by atoms with E-state index >= 15 is 0 Å². The first-order valence-electron chi connectivity index (χ1n) is 5.92. The standard InChI is InChI=1S/C12H10ClN7S/c1-21-9-4-2-3-8(5-9)16-11-17-10(13)18-12(19-11)20-7-14-6-15-20/h2-7H,1H3,(H,16,17,18,19). The number of hydrogen-bond acceptors (Lipinski definition) is 7. The number of rotatable bonds is 4. The molecule has 0 aliphatic rings. The third-order valence-electron chi connectivity index (χ3n) is 2.55. The molecular formula is C12H10ClN7S. The van der Waals surface area contributed by atoms with Crippen molar-refractivity contribution in [2.75, 3.05) is 11.6 Å². The molecule has 0 atom stereocenters. The van der Waals surface area contributed by atoms with Gasteiger partial charge in [0.05, 0.1) is 0 Å². The number of benzene rings is 1. The number of nitrogens with one attached hydrogen (secondary N) is 1. The Kier molecular flexibility index (Phi) is 3.98. The number of aromatic nitrogens is 6. The lowest BCUT2D eigenvalue weighted by atomic mass is 10.3. The van der Waals surface area contributed by atoms with Gasteiger partial charge in [-0.3, -0.25) is 0 Å². The molecule has 106 valence electrons. The molecule has 0 radical (unpaired) electrons. The SMILES string of the molecule is CSc1cccc(Nc2nc(Cl)nc(-n3cncn3)n2)c1. The second-order valence-corrected chi connectivity index (χ2v) is 5.14. The van der Waals surface area contributed by atoms with Crippen LogP contribution in [0.25, 0.3) is 5.95 Å². The predicted octanol–water partition coefficient (Wildman–Crippen LogP) is 2.57. The molecule has 3 rings (SSSR count). The zero-order chi connectivity index (χ0) is 14.7. The van der Waals surface area contributed by atoms with Crippen molar-refractivity contribution in [3.63, 3.8) is 0 Å². The van der Waals surface area contributed by atoms with Gasteiger partial charge in [-0.05, 0) is 36.1 Å². The summed E-state index contributed by atoms with van der Waals surface area (Å²) in [6.45, 7) is 0. The Hall–Kier alpha value is -2.19. The summed E-state index contributed by atoms with van der Waals surface area (Å²) < 4.78 is 1.41. The maximum absolute atomic E-state index is 5.92. The summed E-state index contributed by atoms with van der Waals surface area (Å²) in [6.07, 6.45) is 4.90. The van der Waals surface area contributed by atoms with E-state index in [1.165, 1.54) is 17.3 Å². The highest BCUT2D eigenvalue weighted by molar-refractivity contribution is 7.98. The normalized spacial score (nSPS) is 10.6. The molecule has 0 unspecified atom stereocenters. The van der Waals surface area contributed by atoms with Gasteiger partial charge >= 0.3 is 0 Å². The van der Waals surface area contributed by atoms with E-state index in [2.05, 4.69) is 30.4 Å². The Balaban J connectivity index is 1.91. The van der Waals surface area contributed by atoms with Crippen molar-refractivity contribution in [1.29, 1.82) is 0 Å². The van der Waals surface area contributed by atoms with Crippen LogP contribution in [0.1, 0.15) is 0 Å². The summed E-state index contributed by atoms with van der Waals surface area (Å²) in [5, 5.41) is 7.15. The third kappa shape index (κ3) is 3.29. The fourth-order valence-electron chi connectivity index (χ4n) is 1.64. The molecule has 0 amide bonds. The molecular weight excluding hydrogens is 310 g/mol. The third-order valence-corrected chi connectivity index (χ3v) is 3.44. The van der Waals surface area contributed by atoms with Crippen molar-refractivity contribution >= 4 is 35.0 Å². The van der Waals surface area contributed by atoms with Crippen molar-refractivity contribution in [3.05, 3.63) is 42.2 Å².